The SMILES string of the molecule is Cc1ccc(O)c(C2(C(N)C(=O)O)CC2)c1. The maximum Gasteiger partial charge on any atom is 0.321 e. The van der Waals surface area contributed by atoms with Crippen molar-refractivity contribution in [2.75, 3.05) is 0 Å². The maximum atomic E-state index is 10.9. The normalized spacial score (nSPS) is 19.1. The number of carboxylic acid groups (broad SMARTS) is 1. The van der Waals surface area contributed by atoms with Gasteiger partial charge in [0.1, 0.15) is 11.8 Å². The third-order valence-corrected chi connectivity index (χ3v) is 3.34. The van der Waals surface area contributed by atoms with E-state index in [1.807, 2.05) is 13.0 Å². The van der Waals surface area contributed by atoms with Gasteiger partial charge in [0.2, 0.25) is 0 Å². The summed E-state index contributed by atoms with van der Waals surface area (Å²) in [6, 6.07) is 4.27. The highest BCUT2D eigenvalue weighted by Gasteiger charge is 2.53. The van der Waals surface area contributed by atoms with Crippen LogP contribution in [0.3, 0.4) is 0 Å². The Morgan fingerprint density at radius 2 is 2.12 bits per heavy atom. The van der Waals surface area contributed by atoms with Crippen molar-refractivity contribution in [3.05, 3.63) is 29.3 Å². The molecule has 1 atom stereocenters. The monoisotopic (exact) mass is 221 g/mol. The molecule has 0 aliphatic heterocycles. The van der Waals surface area contributed by atoms with Gasteiger partial charge in [-0.05, 0) is 25.8 Å². The number of hydrogen-bond donors (Lipinski definition) is 3. The molecule has 86 valence electrons. The third-order valence-electron chi connectivity index (χ3n) is 3.34. The van der Waals surface area contributed by atoms with Crippen molar-refractivity contribution in [3.63, 3.8) is 0 Å². The lowest BCUT2D eigenvalue weighted by Gasteiger charge is -2.21. The molecule has 16 heavy (non-hydrogen) atoms. The molecular formula is C12H15NO3. The Labute approximate surface area is 93.7 Å². The highest BCUT2D eigenvalue weighted by Crippen LogP contribution is 2.53. The number of hydrogen-bond acceptors (Lipinski definition) is 3. The molecule has 1 fully saturated rings. The lowest BCUT2D eigenvalue weighted by Crippen LogP contribution is -2.42. The summed E-state index contributed by atoms with van der Waals surface area (Å²) in [6.07, 6.45) is 1.44. The number of aryl methyl sites for hydroxylation is 1. The molecule has 1 aromatic carbocycles. The van der Waals surface area contributed by atoms with Gasteiger partial charge in [0.05, 0.1) is 0 Å². The molecular weight excluding hydrogens is 206 g/mol. The zero-order valence-corrected chi connectivity index (χ0v) is 9.10. The zero-order valence-electron chi connectivity index (χ0n) is 9.10. The number of nitrogens with two attached hydrogens (primary N) is 1. The second-order valence-electron chi connectivity index (χ2n) is 4.49. The second kappa shape index (κ2) is 3.49. The summed E-state index contributed by atoms with van der Waals surface area (Å²) < 4.78 is 0. The van der Waals surface area contributed by atoms with Gasteiger partial charge < -0.3 is 15.9 Å². The van der Waals surface area contributed by atoms with Gasteiger partial charge in [-0.3, -0.25) is 4.79 Å². The molecule has 4 heteroatoms. The molecule has 0 radical (unpaired) electrons. The van der Waals surface area contributed by atoms with Gasteiger partial charge in [-0.1, -0.05) is 17.7 Å². The van der Waals surface area contributed by atoms with Crippen LogP contribution in [-0.2, 0) is 10.2 Å². The first-order valence-electron chi connectivity index (χ1n) is 5.26. The number of benzene rings is 1. The summed E-state index contributed by atoms with van der Waals surface area (Å²) in [5.41, 5.74) is 6.80. The van der Waals surface area contributed by atoms with Crippen LogP contribution in [0.1, 0.15) is 24.0 Å². The van der Waals surface area contributed by atoms with Crippen LogP contribution in [0.15, 0.2) is 18.2 Å². The number of aliphatic carboxylic acids is 1. The van der Waals surface area contributed by atoms with Crippen LogP contribution in [0.5, 0.6) is 5.75 Å². The van der Waals surface area contributed by atoms with E-state index < -0.39 is 17.4 Å². The summed E-state index contributed by atoms with van der Waals surface area (Å²) in [5.74, 6) is -0.877. The van der Waals surface area contributed by atoms with Gasteiger partial charge in [-0.15, -0.1) is 0 Å². The van der Waals surface area contributed by atoms with Crippen molar-refractivity contribution in [2.45, 2.75) is 31.2 Å². The van der Waals surface area contributed by atoms with Crippen LogP contribution in [0.2, 0.25) is 0 Å². The topological polar surface area (TPSA) is 83.5 Å². The molecule has 4 N–H and O–H groups in total. The van der Waals surface area contributed by atoms with E-state index in [1.165, 1.54) is 0 Å². The molecule has 1 unspecified atom stereocenters. The van der Waals surface area contributed by atoms with Crippen LogP contribution in [0, 0.1) is 6.92 Å². The molecule has 0 saturated heterocycles. The molecule has 0 spiro atoms. The second-order valence-corrected chi connectivity index (χ2v) is 4.49. The van der Waals surface area contributed by atoms with Gasteiger partial charge in [0.15, 0.2) is 0 Å². The van der Waals surface area contributed by atoms with Crippen LogP contribution < -0.4 is 5.73 Å². The molecule has 4 nitrogen and oxygen atoms in total. The van der Waals surface area contributed by atoms with E-state index in [9.17, 15) is 9.90 Å². The fourth-order valence-electron chi connectivity index (χ4n) is 2.17. The summed E-state index contributed by atoms with van der Waals surface area (Å²) in [6.45, 7) is 1.91. The summed E-state index contributed by atoms with van der Waals surface area (Å²) >= 11 is 0. The van der Waals surface area contributed by atoms with E-state index in [0.717, 1.165) is 18.4 Å². The Bertz CT molecular complexity index is 438. The third kappa shape index (κ3) is 1.55. The lowest BCUT2D eigenvalue weighted by atomic mass is 9.87. The highest BCUT2D eigenvalue weighted by atomic mass is 16.4. The number of carbonyl (C=O) groups is 1. The average molecular weight is 221 g/mol. The molecule has 1 aromatic rings. The smallest absolute Gasteiger partial charge is 0.321 e. The molecule has 1 aliphatic carbocycles. The van der Waals surface area contributed by atoms with E-state index >= 15 is 0 Å². The first-order chi connectivity index (χ1) is 7.47. The van der Waals surface area contributed by atoms with Gasteiger partial charge in [0.25, 0.3) is 0 Å². The van der Waals surface area contributed by atoms with Gasteiger partial charge in [0, 0.05) is 11.0 Å². The van der Waals surface area contributed by atoms with Crippen molar-refractivity contribution < 1.29 is 15.0 Å². The highest BCUT2D eigenvalue weighted by molar-refractivity contribution is 5.77. The molecule has 0 amide bonds. The summed E-state index contributed by atoms with van der Waals surface area (Å²) in [7, 11) is 0. The zero-order chi connectivity index (χ0) is 11.9. The quantitative estimate of drug-likeness (QED) is 0.714. The Morgan fingerprint density at radius 3 is 2.62 bits per heavy atom. The Hall–Kier alpha value is -1.55. The van der Waals surface area contributed by atoms with E-state index in [0.29, 0.717) is 5.56 Å². The molecule has 0 bridgehead atoms. The Morgan fingerprint density at radius 1 is 1.50 bits per heavy atom. The number of phenolic OH excluding ortho intramolecular Hbond substituents is 1. The van der Waals surface area contributed by atoms with Crippen molar-refractivity contribution in [1.29, 1.82) is 0 Å². The van der Waals surface area contributed by atoms with Crippen molar-refractivity contribution in [3.8, 4) is 5.75 Å². The van der Waals surface area contributed by atoms with Crippen molar-refractivity contribution >= 4 is 5.97 Å². The minimum atomic E-state index is -1.02. The number of carboxylic acids is 1. The van der Waals surface area contributed by atoms with E-state index in [2.05, 4.69) is 0 Å². The number of rotatable bonds is 3. The Kier molecular flexibility index (Phi) is 2.39. The van der Waals surface area contributed by atoms with Crippen LogP contribution in [-0.4, -0.2) is 22.2 Å². The molecule has 1 saturated carbocycles. The molecule has 1 aliphatic rings. The largest absolute Gasteiger partial charge is 0.508 e. The van der Waals surface area contributed by atoms with Crippen LogP contribution in [0.4, 0.5) is 0 Å². The maximum absolute atomic E-state index is 10.9. The predicted molar refractivity (Wildman–Crippen MR) is 59.4 cm³/mol. The minimum absolute atomic E-state index is 0.139. The average Bonchev–Trinajstić information content (AvgIpc) is 3.01. The van der Waals surface area contributed by atoms with Gasteiger partial charge in [-0.2, -0.15) is 0 Å². The lowest BCUT2D eigenvalue weighted by molar-refractivity contribution is -0.139. The number of aromatic hydroxyl groups is 1. The van der Waals surface area contributed by atoms with E-state index in [1.54, 1.807) is 12.1 Å². The van der Waals surface area contributed by atoms with E-state index in [-0.39, 0.29) is 5.75 Å². The molecule has 2 rings (SSSR count). The molecule has 0 heterocycles. The van der Waals surface area contributed by atoms with Crippen molar-refractivity contribution in [1.82, 2.24) is 0 Å². The fourth-order valence-corrected chi connectivity index (χ4v) is 2.17. The van der Waals surface area contributed by atoms with Gasteiger partial charge in [-0.25, -0.2) is 0 Å². The standard InChI is InChI=1S/C12H15NO3/c1-7-2-3-9(14)8(6-7)12(4-5-12)10(13)11(15)16/h2-3,6,10,14H,4-5,13H2,1H3,(H,15,16). The first-order valence-corrected chi connectivity index (χ1v) is 5.26. The number of phenols is 1. The van der Waals surface area contributed by atoms with Crippen LogP contribution in [0.25, 0.3) is 0 Å². The first kappa shape index (κ1) is 11.0. The predicted octanol–water partition coefficient (Wildman–Crippen LogP) is 1.14. The summed E-state index contributed by atoms with van der Waals surface area (Å²) in [4.78, 5) is 10.9. The fraction of sp³-hybridized carbons (Fsp3) is 0.417. The van der Waals surface area contributed by atoms with Gasteiger partial charge >= 0.3 is 5.97 Å². The Balaban J connectivity index is 2.44. The van der Waals surface area contributed by atoms with Crippen LogP contribution >= 0.6 is 0 Å². The minimum Gasteiger partial charge on any atom is -0.508 e. The van der Waals surface area contributed by atoms with Crippen molar-refractivity contribution in [2.24, 2.45) is 5.73 Å². The molecule has 0 aromatic heterocycles. The van der Waals surface area contributed by atoms with E-state index in [4.69, 9.17) is 10.8 Å². The summed E-state index contributed by atoms with van der Waals surface area (Å²) in [5, 5.41) is 18.8.